The van der Waals surface area contributed by atoms with Crippen molar-refractivity contribution >= 4 is 5.82 Å². The number of nitrogens with zero attached hydrogens (tertiary/aromatic N) is 3. The predicted molar refractivity (Wildman–Crippen MR) is 69.0 cm³/mol. The lowest BCUT2D eigenvalue weighted by Crippen LogP contribution is -2.34. The van der Waals surface area contributed by atoms with Gasteiger partial charge < -0.3 is 10.6 Å². The van der Waals surface area contributed by atoms with Gasteiger partial charge in [0.05, 0.1) is 11.7 Å². The highest BCUT2D eigenvalue weighted by Gasteiger charge is 2.25. The summed E-state index contributed by atoms with van der Waals surface area (Å²) in [5, 5.41) is 4.77. The Morgan fingerprint density at radius 3 is 2.82 bits per heavy atom. The van der Waals surface area contributed by atoms with Crippen LogP contribution in [0.4, 0.5) is 5.82 Å². The highest BCUT2D eigenvalue weighted by atomic mass is 15.4. The van der Waals surface area contributed by atoms with Crippen molar-refractivity contribution in [2.45, 2.75) is 44.6 Å². The van der Waals surface area contributed by atoms with E-state index in [4.69, 9.17) is 10.8 Å². The standard InChI is InChI=1S/C13H22N4/c1-16-8-4-5-10(9-16)17-13(14)11-6-2-3-7-12(11)15-17/h10H,2-9,14H2,1H3. The van der Waals surface area contributed by atoms with E-state index in [1.165, 1.54) is 43.5 Å². The van der Waals surface area contributed by atoms with Gasteiger partial charge in [-0.2, -0.15) is 5.10 Å². The molecule has 2 N–H and O–H groups in total. The summed E-state index contributed by atoms with van der Waals surface area (Å²) in [5.74, 6) is 0.944. The van der Waals surface area contributed by atoms with Crippen LogP contribution in [-0.4, -0.2) is 34.8 Å². The van der Waals surface area contributed by atoms with Gasteiger partial charge in [0.25, 0.3) is 0 Å². The predicted octanol–water partition coefficient (Wildman–Crippen LogP) is 1.61. The molecular weight excluding hydrogens is 212 g/mol. The van der Waals surface area contributed by atoms with Gasteiger partial charge in [-0.25, -0.2) is 4.68 Å². The molecule has 1 saturated heterocycles. The van der Waals surface area contributed by atoms with Gasteiger partial charge in [0.2, 0.25) is 0 Å². The molecule has 1 aromatic rings. The van der Waals surface area contributed by atoms with Gasteiger partial charge in [0, 0.05) is 12.1 Å². The van der Waals surface area contributed by atoms with E-state index in [0.29, 0.717) is 6.04 Å². The summed E-state index contributed by atoms with van der Waals surface area (Å²) >= 11 is 0. The lowest BCUT2D eigenvalue weighted by atomic mass is 9.97. The van der Waals surface area contributed by atoms with E-state index in [9.17, 15) is 0 Å². The molecule has 4 nitrogen and oxygen atoms in total. The number of nitrogens with two attached hydrogens (primary N) is 1. The molecule has 2 heterocycles. The van der Waals surface area contributed by atoms with E-state index in [0.717, 1.165) is 25.2 Å². The van der Waals surface area contributed by atoms with Crippen LogP contribution >= 0.6 is 0 Å². The molecule has 0 amide bonds. The monoisotopic (exact) mass is 234 g/mol. The summed E-state index contributed by atoms with van der Waals surface area (Å²) in [7, 11) is 2.19. The van der Waals surface area contributed by atoms with Gasteiger partial charge in [-0.15, -0.1) is 0 Å². The molecule has 1 aromatic heterocycles. The zero-order valence-electron chi connectivity index (χ0n) is 10.7. The fourth-order valence-corrected chi connectivity index (χ4v) is 3.21. The first-order valence-electron chi connectivity index (χ1n) is 6.80. The molecule has 0 spiro atoms. The van der Waals surface area contributed by atoms with Gasteiger partial charge in [-0.3, -0.25) is 0 Å². The van der Waals surface area contributed by atoms with E-state index in [-0.39, 0.29) is 0 Å². The van der Waals surface area contributed by atoms with Crippen LogP contribution in [-0.2, 0) is 12.8 Å². The van der Waals surface area contributed by atoms with Crippen LogP contribution in [0, 0.1) is 0 Å². The van der Waals surface area contributed by atoms with E-state index in [1.54, 1.807) is 0 Å². The van der Waals surface area contributed by atoms with Gasteiger partial charge in [-0.1, -0.05) is 0 Å². The Morgan fingerprint density at radius 2 is 2.06 bits per heavy atom. The third-order valence-electron chi connectivity index (χ3n) is 4.17. The highest BCUT2D eigenvalue weighted by Crippen LogP contribution is 2.30. The number of hydrogen-bond donors (Lipinski definition) is 1. The number of fused-ring (bicyclic) bond motifs is 1. The average Bonchev–Trinajstić information content (AvgIpc) is 2.68. The molecule has 1 aliphatic heterocycles. The Hall–Kier alpha value is -1.03. The summed E-state index contributed by atoms with van der Waals surface area (Å²) in [5.41, 5.74) is 8.89. The first-order chi connectivity index (χ1) is 8.25. The smallest absolute Gasteiger partial charge is 0.125 e. The Labute approximate surface area is 103 Å². The Bertz CT molecular complexity index is 410. The third kappa shape index (κ3) is 1.95. The topological polar surface area (TPSA) is 47.1 Å². The normalized spacial score (nSPS) is 25.8. The van der Waals surface area contributed by atoms with Crippen LogP contribution in [0.1, 0.15) is 43.0 Å². The maximum Gasteiger partial charge on any atom is 0.125 e. The summed E-state index contributed by atoms with van der Waals surface area (Å²) in [6.45, 7) is 2.29. The zero-order chi connectivity index (χ0) is 11.8. The van der Waals surface area contributed by atoms with Gasteiger partial charge in [0.1, 0.15) is 5.82 Å². The largest absolute Gasteiger partial charge is 0.384 e. The van der Waals surface area contributed by atoms with Crippen molar-refractivity contribution in [3.05, 3.63) is 11.3 Å². The first-order valence-corrected chi connectivity index (χ1v) is 6.80. The molecule has 0 radical (unpaired) electrons. The van der Waals surface area contributed by atoms with Gasteiger partial charge >= 0.3 is 0 Å². The van der Waals surface area contributed by atoms with Crippen LogP contribution in [0.3, 0.4) is 0 Å². The van der Waals surface area contributed by atoms with Gasteiger partial charge in [0.15, 0.2) is 0 Å². The minimum atomic E-state index is 0.486. The van der Waals surface area contributed by atoms with Crippen molar-refractivity contribution in [2.24, 2.45) is 0 Å². The summed E-state index contributed by atoms with van der Waals surface area (Å²) in [6.07, 6.45) is 7.26. The average molecular weight is 234 g/mol. The number of nitrogen functional groups attached to an aromatic ring is 1. The Morgan fingerprint density at radius 1 is 1.24 bits per heavy atom. The molecule has 1 aliphatic carbocycles. The lowest BCUT2D eigenvalue weighted by Gasteiger charge is -2.30. The fraction of sp³-hybridized carbons (Fsp3) is 0.769. The summed E-state index contributed by atoms with van der Waals surface area (Å²) < 4.78 is 2.12. The minimum Gasteiger partial charge on any atom is -0.384 e. The highest BCUT2D eigenvalue weighted by molar-refractivity contribution is 5.45. The van der Waals surface area contributed by atoms with E-state index >= 15 is 0 Å². The van der Waals surface area contributed by atoms with Crippen molar-refractivity contribution in [3.8, 4) is 0 Å². The molecule has 4 heteroatoms. The van der Waals surface area contributed by atoms with Gasteiger partial charge in [-0.05, 0) is 52.1 Å². The number of anilines is 1. The number of piperidine rings is 1. The van der Waals surface area contributed by atoms with Crippen LogP contribution in [0.5, 0.6) is 0 Å². The number of likely N-dealkylation sites (tertiary alicyclic amines) is 1. The number of hydrogen-bond acceptors (Lipinski definition) is 3. The fourth-order valence-electron chi connectivity index (χ4n) is 3.21. The maximum atomic E-state index is 6.28. The molecule has 1 atom stereocenters. The molecule has 1 fully saturated rings. The summed E-state index contributed by atoms with van der Waals surface area (Å²) in [6, 6.07) is 0.486. The molecule has 1 unspecified atom stereocenters. The first kappa shape index (κ1) is 11.1. The Balaban J connectivity index is 1.89. The molecule has 0 saturated carbocycles. The molecule has 94 valence electrons. The molecule has 0 bridgehead atoms. The number of aryl methyl sites for hydroxylation is 1. The third-order valence-corrected chi connectivity index (χ3v) is 4.17. The molecular formula is C13H22N4. The van der Waals surface area contributed by atoms with Crippen molar-refractivity contribution in [1.82, 2.24) is 14.7 Å². The van der Waals surface area contributed by atoms with Crippen LogP contribution in [0.15, 0.2) is 0 Å². The Kier molecular flexibility index (Phi) is 2.82. The minimum absolute atomic E-state index is 0.486. The van der Waals surface area contributed by atoms with Crippen molar-refractivity contribution in [3.63, 3.8) is 0 Å². The maximum absolute atomic E-state index is 6.28. The van der Waals surface area contributed by atoms with Crippen LogP contribution in [0.25, 0.3) is 0 Å². The molecule has 3 rings (SSSR count). The lowest BCUT2D eigenvalue weighted by molar-refractivity contribution is 0.204. The zero-order valence-corrected chi connectivity index (χ0v) is 10.7. The summed E-state index contributed by atoms with van der Waals surface area (Å²) in [4.78, 5) is 2.38. The second kappa shape index (κ2) is 4.33. The number of aromatic nitrogens is 2. The van der Waals surface area contributed by atoms with Crippen LogP contribution < -0.4 is 5.73 Å². The molecule has 17 heavy (non-hydrogen) atoms. The van der Waals surface area contributed by atoms with E-state index < -0.39 is 0 Å². The second-order valence-corrected chi connectivity index (χ2v) is 5.52. The SMILES string of the molecule is CN1CCCC(n2nc3c(c2N)CCCC3)C1. The quantitative estimate of drug-likeness (QED) is 0.803. The molecule has 2 aliphatic rings. The second-order valence-electron chi connectivity index (χ2n) is 5.52. The van der Waals surface area contributed by atoms with Crippen molar-refractivity contribution < 1.29 is 0 Å². The molecule has 0 aromatic carbocycles. The number of likely N-dealkylation sites (N-methyl/N-ethyl adjacent to an activating group) is 1. The van der Waals surface area contributed by atoms with E-state index in [1.807, 2.05) is 0 Å². The van der Waals surface area contributed by atoms with E-state index in [2.05, 4.69) is 16.6 Å². The van der Waals surface area contributed by atoms with Crippen LogP contribution in [0.2, 0.25) is 0 Å². The number of rotatable bonds is 1. The van der Waals surface area contributed by atoms with Crippen molar-refractivity contribution in [1.29, 1.82) is 0 Å². The van der Waals surface area contributed by atoms with Crippen molar-refractivity contribution in [2.75, 3.05) is 25.9 Å².